The molecule has 0 aliphatic carbocycles. The molecule has 1 heterocycles. The van der Waals surface area contributed by atoms with E-state index >= 15 is 0 Å². The number of hydrogen-bond donors (Lipinski definition) is 2. The lowest BCUT2D eigenvalue weighted by molar-refractivity contribution is 0.107. The third-order valence-electron chi connectivity index (χ3n) is 1.18. The van der Waals surface area contributed by atoms with E-state index in [0.29, 0.717) is 13.1 Å². The maximum absolute atomic E-state index is 10.00. The summed E-state index contributed by atoms with van der Waals surface area (Å²) in [5, 5.41) is 8.22. The van der Waals surface area contributed by atoms with Crippen molar-refractivity contribution >= 4 is 18.5 Å². The van der Waals surface area contributed by atoms with Crippen LogP contribution < -0.4 is 5.73 Å². The van der Waals surface area contributed by atoms with Gasteiger partial charge in [0.25, 0.3) is 0 Å². The monoisotopic (exact) mass is 152 g/mol. The fraction of sp³-hybridized carbons (Fsp3) is 0.750. The Balaban J connectivity index is 0.000000640. The summed E-state index contributed by atoms with van der Waals surface area (Å²) in [6.45, 7) is 0.991. The van der Waals surface area contributed by atoms with Crippen LogP contribution in [0.4, 0.5) is 4.79 Å². The van der Waals surface area contributed by atoms with Crippen LogP contribution in [-0.4, -0.2) is 35.2 Å². The molecule has 1 aliphatic rings. The molecule has 0 aromatic rings. The molecular weight excluding hydrogens is 144 g/mol. The van der Waals surface area contributed by atoms with Crippen molar-refractivity contribution in [1.29, 1.82) is 0 Å². The van der Waals surface area contributed by atoms with Crippen molar-refractivity contribution < 1.29 is 9.90 Å². The van der Waals surface area contributed by atoms with E-state index in [4.69, 9.17) is 10.8 Å². The Labute approximate surface area is 59.0 Å². The molecule has 0 saturated carbocycles. The Hall–Kier alpha value is -0.480. The van der Waals surface area contributed by atoms with E-state index in [1.54, 1.807) is 0 Å². The quantitative estimate of drug-likeness (QED) is 0.502. The molecule has 0 atom stereocenters. The van der Waals surface area contributed by atoms with Crippen LogP contribution in [0.25, 0.3) is 0 Å². The second-order valence-corrected chi connectivity index (χ2v) is 1.95. The zero-order valence-electron chi connectivity index (χ0n) is 4.78. The minimum absolute atomic E-state index is 0. The van der Waals surface area contributed by atoms with Crippen LogP contribution in [-0.2, 0) is 0 Å². The number of halogens is 1. The van der Waals surface area contributed by atoms with Gasteiger partial charge in [-0.25, -0.2) is 4.79 Å². The summed E-state index contributed by atoms with van der Waals surface area (Å²) in [5.74, 6) is 0. The van der Waals surface area contributed by atoms with Gasteiger partial charge in [0.2, 0.25) is 0 Å². The third kappa shape index (κ3) is 1.73. The molecule has 0 radical (unpaired) electrons. The van der Waals surface area contributed by atoms with Gasteiger partial charge in [-0.2, -0.15) is 0 Å². The van der Waals surface area contributed by atoms with Crippen LogP contribution in [0, 0.1) is 0 Å². The Morgan fingerprint density at radius 3 is 2.22 bits per heavy atom. The minimum atomic E-state index is -0.869. The number of rotatable bonds is 0. The van der Waals surface area contributed by atoms with Gasteiger partial charge in [0.1, 0.15) is 0 Å². The van der Waals surface area contributed by atoms with Crippen molar-refractivity contribution in [3.05, 3.63) is 0 Å². The average Bonchev–Trinajstić information content (AvgIpc) is 1.57. The Morgan fingerprint density at radius 2 is 2.11 bits per heavy atom. The molecule has 1 fully saturated rings. The summed E-state index contributed by atoms with van der Waals surface area (Å²) in [5.41, 5.74) is 5.30. The molecule has 0 aromatic heterocycles. The molecule has 0 spiro atoms. The molecule has 0 unspecified atom stereocenters. The molecule has 3 N–H and O–H groups in total. The Bertz CT molecular complexity index is 113. The van der Waals surface area contributed by atoms with Gasteiger partial charge in [-0.15, -0.1) is 12.4 Å². The van der Waals surface area contributed by atoms with E-state index in [9.17, 15) is 4.79 Å². The van der Waals surface area contributed by atoms with E-state index in [0.717, 1.165) is 0 Å². The first-order valence-electron chi connectivity index (χ1n) is 2.43. The number of carboxylic acid groups (broad SMARTS) is 1. The smallest absolute Gasteiger partial charge is 0.407 e. The van der Waals surface area contributed by atoms with Crippen LogP contribution >= 0.6 is 12.4 Å². The molecule has 1 rings (SSSR count). The number of nitrogens with zero attached hydrogens (tertiary/aromatic N) is 1. The van der Waals surface area contributed by atoms with Crippen LogP contribution in [0.3, 0.4) is 0 Å². The zero-order valence-corrected chi connectivity index (χ0v) is 5.60. The van der Waals surface area contributed by atoms with Crippen molar-refractivity contribution in [1.82, 2.24) is 4.90 Å². The lowest BCUT2D eigenvalue weighted by Gasteiger charge is -2.33. The van der Waals surface area contributed by atoms with E-state index in [-0.39, 0.29) is 18.4 Å². The maximum atomic E-state index is 10.00. The highest BCUT2D eigenvalue weighted by Gasteiger charge is 2.26. The van der Waals surface area contributed by atoms with Crippen molar-refractivity contribution in [3.63, 3.8) is 0 Å². The standard InChI is InChI=1S/C4H8N2O2.ClH/c5-3-1-6(2-3)4(7)8;/h3H,1-2,5H2,(H,7,8);1H. The summed E-state index contributed by atoms with van der Waals surface area (Å²) in [6.07, 6.45) is -0.869. The molecule has 4 nitrogen and oxygen atoms in total. The van der Waals surface area contributed by atoms with E-state index in [1.807, 2.05) is 0 Å². The zero-order chi connectivity index (χ0) is 6.15. The summed E-state index contributed by atoms with van der Waals surface area (Å²) < 4.78 is 0. The maximum Gasteiger partial charge on any atom is 0.407 e. The van der Waals surface area contributed by atoms with Gasteiger partial charge in [-0.1, -0.05) is 0 Å². The van der Waals surface area contributed by atoms with Crippen LogP contribution in [0.2, 0.25) is 0 Å². The second kappa shape index (κ2) is 2.89. The van der Waals surface area contributed by atoms with Crippen LogP contribution in [0.15, 0.2) is 0 Å². The number of amides is 1. The Kier molecular flexibility index (Phi) is 2.73. The largest absolute Gasteiger partial charge is 0.465 e. The molecule has 5 heteroatoms. The van der Waals surface area contributed by atoms with Gasteiger partial charge in [0.05, 0.1) is 0 Å². The van der Waals surface area contributed by atoms with Crippen molar-refractivity contribution in [3.8, 4) is 0 Å². The van der Waals surface area contributed by atoms with Crippen molar-refractivity contribution in [2.75, 3.05) is 13.1 Å². The highest BCUT2D eigenvalue weighted by Crippen LogP contribution is 2.03. The summed E-state index contributed by atoms with van der Waals surface area (Å²) in [6, 6.07) is 0.0751. The van der Waals surface area contributed by atoms with Crippen molar-refractivity contribution in [2.24, 2.45) is 5.73 Å². The lowest BCUT2D eigenvalue weighted by Crippen LogP contribution is -2.57. The lowest BCUT2D eigenvalue weighted by atomic mass is 10.1. The molecule has 54 valence electrons. The molecular formula is C4H9ClN2O2. The fourth-order valence-corrected chi connectivity index (χ4v) is 0.669. The first-order valence-corrected chi connectivity index (χ1v) is 2.43. The Morgan fingerprint density at radius 1 is 1.67 bits per heavy atom. The predicted octanol–water partition coefficient (Wildman–Crippen LogP) is -0.271. The number of hydrogen-bond acceptors (Lipinski definition) is 2. The molecule has 9 heavy (non-hydrogen) atoms. The van der Waals surface area contributed by atoms with Gasteiger partial charge in [-0.3, -0.25) is 0 Å². The fourth-order valence-electron chi connectivity index (χ4n) is 0.669. The first kappa shape index (κ1) is 8.52. The van der Waals surface area contributed by atoms with Crippen LogP contribution in [0.1, 0.15) is 0 Å². The van der Waals surface area contributed by atoms with Gasteiger partial charge in [0, 0.05) is 19.1 Å². The minimum Gasteiger partial charge on any atom is -0.465 e. The summed E-state index contributed by atoms with van der Waals surface area (Å²) >= 11 is 0. The summed E-state index contributed by atoms with van der Waals surface area (Å²) in [7, 11) is 0. The second-order valence-electron chi connectivity index (χ2n) is 1.95. The topological polar surface area (TPSA) is 66.6 Å². The number of likely N-dealkylation sites (tertiary alicyclic amines) is 1. The van der Waals surface area contributed by atoms with E-state index < -0.39 is 6.09 Å². The first-order chi connectivity index (χ1) is 3.70. The van der Waals surface area contributed by atoms with Crippen molar-refractivity contribution in [2.45, 2.75) is 6.04 Å². The molecule has 0 bridgehead atoms. The molecule has 1 aliphatic heterocycles. The summed E-state index contributed by atoms with van der Waals surface area (Å²) in [4.78, 5) is 11.3. The molecule has 1 saturated heterocycles. The van der Waals surface area contributed by atoms with Gasteiger partial charge >= 0.3 is 6.09 Å². The number of nitrogens with two attached hydrogens (primary N) is 1. The van der Waals surface area contributed by atoms with E-state index in [1.165, 1.54) is 4.90 Å². The average molecular weight is 153 g/mol. The third-order valence-corrected chi connectivity index (χ3v) is 1.18. The van der Waals surface area contributed by atoms with E-state index in [2.05, 4.69) is 0 Å². The van der Waals surface area contributed by atoms with Gasteiger partial charge < -0.3 is 15.7 Å². The highest BCUT2D eigenvalue weighted by molar-refractivity contribution is 5.85. The SMILES string of the molecule is Cl.NC1CN(C(=O)O)C1. The highest BCUT2D eigenvalue weighted by atomic mass is 35.5. The molecule has 1 amide bonds. The van der Waals surface area contributed by atoms with Gasteiger partial charge in [0.15, 0.2) is 0 Å². The van der Waals surface area contributed by atoms with Crippen LogP contribution in [0.5, 0.6) is 0 Å². The normalized spacial score (nSPS) is 18.1. The van der Waals surface area contributed by atoms with Gasteiger partial charge in [-0.05, 0) is 0 Å². The predicted molar refractivity (Wildman–Crippen MR) is 34.8 cm³/mol. The number of carbonyl (C=O) groups is 1. The molecule has 0 aromatic carbocycles.